The first kappa shape index (κ1) is 29.2. The van der Waals surface area contributed by atoms with E-state index in [1.54, 1.807) is 36.3 Å². The number of carbonyl (C=O) groups excluding carboxylic acids is 2. The first-order valence-corrected chi connectivity index (χ1v) is 14.9. The van der Waals surface area contributed by atoms with Gasteiger partial charge in [-0.25, -0.2) is 4.98 Å². The fourth-order valence-corrected chi connectivity index (χ4v) is 7.95. The predicted octanol–water partition coefficient (Wildman–Crippen LogP) is 4.87. The normalized spacial score (nSPS) is 26.9. The highest BCUT2D eigenvalue weighted by Gasteiger charge is 2.59. The average molecular weight is 578 g/mol. The topological polar surface area (TPSA) is 112 Å². The van der Waals surface area contributed by atoms with Gasteiger partial charge in [-0.15, -0.1) is 11.3 Å². The van der Waals surface area contributed by atoms with Crippen LogP contribution in [0.1, 0.15) is 65.5 Å². The van der Waals surface area contributed by atoms with Crippen LogP contribution in [0.3, 0.4) is 0 Å². The van der Waals surface area contributed by atoms with Crippen LogP contribution in [-0.2, 0) is 17.8 Å². The van der Waals surface area contributed by atoms with E-state index in [-0.39, 0.29) is 42.1 Å². The Hall–Kier alpha value is -3.27. The van der Waals surface area contributed by atoms with Crippen LogP contribution >= 0.6 is 11.3 Å². The van der Waals surface area contributed by atoms with Crippen molar-refractivity contribution in [1.29, 1.82) is 0 Å². The standard InChI is InChI=1S/C32H39N3O5S/c1-31-15-14-26(37)32(2,19-36)25(31)17-24-28(23(31)16-27(38)35(3)18-20-8-6-5-7-9-20)33-30(41-24)34-29(39)21-10-12-22(40-4)13-11-21/h5-13,23,25-26,36-37H,14-19H2,1-4H3,(H,33,34,39)/t23-,25+,26-,31+,32+/m1/s1. The molecule has 2 aromatic carbocycles. The van der Waals surface area contributed by atoms with Crippen LogP contribution < -0.4 is 10.1 Å². The van der Waals surface area contributed by atoms with Crippen LogP contribution in [0.15, 0.2) is 54.6 Å². The molecule has 41 heavy (non-hydrogen) atoms. The summed E-state index contributed by atoms with van der Waals surface area (Å²) >= 11 is 1.42. The first-order valence-electron chi connectivity index (χ1n) is 14.1. The van der Waals surface area contributed by atoms with E-state index in [4.69, 9.17) is 9.72 Å². The summed E-state index contributed by atoms with van der Waals surface area (Å²) in [5.41, 5.74) is 1.32. The third kappa shape index (κ3) is 5.50. The van der Waals surface area contributed by atoms with Gasteiger partial charge in [-0.3, -0.25) is 14.9 Å². The van der Waals surface area contributed by atoms with E-state index in [9.17, 15) is 19.8 Å². The van der Waals surface area contributed by atoms with E-state index in [2.05, 4.69) is 12.2 Å². The number of amides is 2. The molecule has 1 heterocycles. The molecule has 2 amide bonds. The monoisotopic (exact) mass is 577 g/mol. The number of carbonyl (C=O) groups is 2. The zero-order valence-corrected chi connectivity index (χ0v) is 24.9. The van der Waals surface area contributed by atoms with Crippen molar-refractivity contribution in [2.75, 3.05) is 26.1 Å². The second-order valence-electron chi connectivity index (χ2n) is 12.0. The Morgan fingerprint density at radius 3 is 2.51 bits per heavy atom. The number of nitrogens with zero attached hydrogens (tertiary/aromatic N) is 2. The summed E-state index contributed by atoms with van der Waals surface area (Å²) in [4.78, 5) is 34.4. The number of thiazole rings is 1. The molecule has 2 aliphatic carbocycles. The molecule has 0 bridgehead atoms. The molecule has 2 aliphatic rings. The van der Waals surface area contributed by atoms with Gasteiger partial charge in [0.05, 0.1) is 25.5 Å². The summed E-state index contributed by atoms with van der Waals surface area (Å²) in [7, 11) is 3.40. The highest BCUT2D eigenvalue weighted by Crippen LogP contribution is 2.63. The number of nitrogens with one attached hydrogen (secondary N) is 1. The zero-order chi connectivity index (χ0) is 29.4. The summed E-state index contributed by atoms with van der Waals surface area (Å²) in [5.74, 6) is 0.136. The molecule has 3 N–H and O–H groups in total. The molecule has 0 unspecified atom stereocenters. The number of fused-ring (bicyclic) bond motifs is 2. The second-order valence-corrected chi connectivity index (χ2v) is 13.1. The van der Waals surface area contributed by atoms with Gasteiger partial charge < -0.3 is 19.8 Å². The summed E-state index contributed by atoms with van der Waals surface area (Å²) in [6.07, 6.45) is 1.53. The largest absolute Gasteiger partial charge is 0.497 e. The third-order valence-electron chi connectivity index (χ3n) is 9.53. The van der Waals surface area contributed by atoms with E-state index in [0.717, 1.165) is 22.6 Å². The highest BCUT2D eigenvalue weighted by atomic mass is 32.1. The Kier molecular flexibility index (Phi) is 8.23. The fraction of sp³-hybridized carbons (Fsp3) is 0.469. The maximum atomic E-state index is 13.7. The van der Waals surface area contributed by atoms with Gasteiger partial charge in [0.25, 0.3) is 5.91 Å². The summed E-state index contributed by atoms with van der Waals surface area (Å²) < 4.78 is 5.20. The molecule has 5 rings (SSSR count). The molecule has 218 valence electrons. The number of benzene rings is 2. The number of aliphatic hydroxyl groups is 2. The van der Waals surface area contributed by atoms with E-state index in [0.29, 0.717) is 35.8 Å². The number of anilines is 1. The van der Waals surface area contributed by atoms with Gasteiger partial charge in [0, 0.05) is 41.8 Å². The molecule has 0 radical (unpaired) electrons. The predicted molar refractivity (Wildman–Crippen MR) is 159 cm³/mol. The lowest BCUT2D eigenvalue weighted by atomic mass is 9.47. The van der Waals surface area contributed by atoms with E-state index >= 15 is 0 Å². The van der Waals surface area contributed by atoms with Gasteiger partial charge in [0.15, 0.2) is 5.13 Å². The molecule has 3 aromatic rings. The quantitative estimate of drug-likeness (QED) is 0.352. The number of aromatic nitrogens is 1. The molecule has 1 aromatic heterocycles. The number of methoxy groups -OCH3 is 1. The maximum absolute atomic E-state index is 13.7. The summed E-state index contributed by atoms with van der Waals surface area (Å²) in [6, 6.07) is 16.8. The third-order valence-corrected chi connectivity index (χ3v) is 10.5. The summed E-state index contributed by atoms with van der Waals surface area (Å²) in [5, 5.41) is 25.0. The van der Waals surface area contributed by atoms with Gasteiger partial charge in [0.1, 0.15) is 5.75 Å². The van der Waals surface area contributed by atoms with Crippen molar-refractivity contribution in [3.8, 4) is 5.75 Å². The molecule has 0 saturated heterocycles. The maximum Gasteiger partial charge on any atom is 0.257 e. The van der Waals surface area contributed by atoms with E-state index in [1.165, 1.54) is 11.3 Å². The van der Waals surface area contributed by atoms with Crippen LogP contribution in [0.25, 0.3) is 0 Å². The van der Waals surface area contributed by atoms with Gasteiger partial charge >= 0.3 is 0 Å². The van der Waals surface area contributed by atoms with Gasteiger partial charge in [0.2, 0.25) is 5.91 Å². The molecule has 0 spiro atoms. The number of hydrogen-bond donors (Lipinski definition) is 3. The van der Waals surface area contributed by atoms with Gasteiger partial charge in [-0.1, -0.05) is 44.2 Å². The van der Waals surface area contributed by atoms with Crippen molar-refractivity contribution in [3.05, 3.63) is 76.3 Å². The van der Waals surface area contributed by atoms with Crippen LogP contribution in [0.4, 0.5) is 5.13 Å². The second kappa shape index (κ2) is 11.5. The van der Waals surface area contributed by atoms with Gasteiger partial charge in [-0.05, 0) is 60.4 Å². The number of aliphatic hydroxyl groups excluding tert-OH is 2. The molecule has 8 nitrogen and oxygen atoms in total. The smallest absolute Gasteiger partial charge is 0.257 e. The van der Waals surface area contributed by atoms with Crippen LogP contribution in [0.2, 0.25) is 0 Å². The van der Waals surface area contributed by atoms with E-state index < -0.39 is 11.5 Å². The Labute approximate surface area is 245 Å². The molecule has 0 aliphatic heterocycles. The molecule has 9 heteroatoms. The molecule has 1 saturated carbocycles. The van der Waals surface area contributed by atoms with Crippen molar-refractivity contribution >= 4 is 28.3 Å². The number of rotatable bonds is 8. The minimum absolute atomic E-state index is 0.0142. The molecule has 5 atom stereocenters. The highest BCUT2D eigenvalue weighted by molar-refractivity contribution is 7.15. The first-order chi connectivity index (χ1) is 19.6. The molecule has 1 fully saturated rings. The van der Waals surface area contributed by atoms with Crippen molar-refractivity contribution in [1.82, 2.24) is 9.88 Å². The number of hydrogen-bond acceptors (Lipinski definition) is 7. The zero-order valence-electron chi connectivity index (χ0n) is 24.1. The van der Waals surface area contributed by atoms with Crippen LogP contribution in [0, 0.1) is 16.7 Å². The average Bonchev–Trinajstić information content (AvgIpc) is 3.38. The Balaban J connectivity index is 1.46. The van der Waals surface area contributed by atoms with Crippen molar-refractivity contribution < 1.29 is 24.5 Å². The molecular weight excluding hydrogens is 538 g/mol. The van der Waals surface area contributed by atoms with E-state index in [1.807, 2.05) is 44.3 Å². The van der Waals surface area contributed by atoms with Crippen LogP contribution in [-0.4, -0.2) is 58.8 Å². The lowest BCUT2D eigenvalue weighted by molar-refractivity contribution is -0.147. The Bertz CT molecular complexity index is 1390. The lowest BCUT2D eigenvalue weighted by Crippen LogP contribution is -2.57. The lowest BCUT2D eigenvalue weighted by Gasteiger charge is -2.58. The number of ether oxygens (including phenoxy) is 1. The fourth-order valence-electron chi connectivity index (χ4n) is 6.89. The Morgan fingerprint density at radius 1 is 1.15 bits per heavy atom. The van der Waals surface area contributed by atoms with Gasteiger partial charge in [-0.2, -0.15) is 0 Å². The van der Waals surface area contributed by atoms with Crippen molar-refractivity contribution in [3.63, 3.8) is 0 Å². The summed E-state index contributed by atoms with van der Waals surface area (Å²) in [6.45, 7) is 4.51. The minimum Gasteiger partial charge on any atom is -0.497 e. The SMILES string of the molecule is COc1ccc(C(=O)Nc2nc3c(s2)C[C@@H]2[C@](C)(CO)[C@H](O)CC[C@@]2(C)[C@@H]3CC(=O)N(C)Cc2ccccc2)cc1. The molecular formula is C32H39N3O5S. The Morgan fingerprint density at radius 2 is 1.85 bits per heavy atom. The van der Waals surface area contributed by atoms with Crippen molar-refractivity contribution in [2.45, 2.75) is 58.1 Å². The van der Waals surface area contributed by atoms with Crippen molar-refractivity contribution in [2.24, 2.45) is 16.7 Å². The van der Waals surface area contributed by atoms with Crippen LogP contribution in [0.5, 0.6) is 5.75 Å². The minimum atomic E-state index is -0.710.